The van der Waals surface area contributed by atoms with Crippen LogP contribution in [0.1, 0.15) is 6.92 Å². The lowest BCUT2D eigenvalue weighted by Gasteiger charge is -2.20. The molecule has 0 radical (unpaired) electrons. The molecule has 1 atom stereocenters. The van der Waals surface area contributed by atoms with E-state index in [-0.39, 0.29) is 11.2 Å². The van der Waals surface area contributed by atoms with Gasteiger partial charge in [-0.15, -0.1) is 10.2 Å². The molecule has 0 aliphatic rings. The van der Waals surface area contributed by atoms with Crippen LogP contribution < -0.4 is 4.90 Å². The number of carbonyl (C=O) groups is 1. The van der Waals surface area contributed by atoms with Gasteiger partial charge < -0.3 is 9.47 Å². The summed E-state index contributed by atoms with van der Waals surface area (Å²) >= 11 is 3.04. The number of amides is 1. The fourth-order valence-corrected chi connectivity index (χ4v) is 3.86. The molecule has 1 amide bonds. The van der Waals surface area contributed by atoms with Gasteiger partial charge in [-0.25, -0.2) is 0 Å². The summed E-state index contributed by atoms with van der Waals surface area (Å²) in [7, 11) is 3.72. The quantitative estimate of drug-likeness (QED) is 0.653. The summed E-state index contributed by atoms with van der Waals surface area (Å²) in [6.07, 6.45) is 0. The molecule has 1 unspecified atom stereocenters. The van der Waals surface area contributed by atoms with Crippen LogP contribution in [0.3, 0.4) is 0 Å². The SMILES string of the molecule is CC(Sc1nnc(-c2ccsc2)n1C)C(=O)N(C)c1ccccc1. The van der Waals surface area contributed by atoms with Crippen LogP contribution in [0.2, 0.25) is 0 Å². The zero-order valence-corrected chi connectivity index (χ0v) is 15.3. The number of para-hydroxylation sites is 1. The molecule has 0 N–H and O–H groups in total. The van der Waals surface area contributed by atoms with Gasteiger partial charge >= 0.3 is 0 Å². The van der Waals surface area contributed by atoms with Crippen LogP contribution in [0.15, 0.2) is 52.3 Å². The third kappa shape index (κ3) is 3.37. The number of thioether (sulfide) groups is 1. The summed E-state index contributed by atoms with van der Waals surface area (Å²) in [4.78, 5) is 14.3. The minimum Gasteiger partial charge on any atom is -0.315 e. The zero-order chi connectivity index (χ0) is 17.1. The van der Waals surface area contributed by atoms with E-state index in [9.17, 15) is 4.79 Å². The molecule has 7 heteroatoms. The minimum atomic E-state index is -0.256. The maximum absolute atomic E-state index is 12.6. The van der Waals surface area contributed by atoms with Crippen molar-refractivity contribution >= 4 is 34.7 Å². The van der Waals surface area contributed by atoms with Crippen LogP contribution in [-0.4, -0.2) is 33.0 Å². The largest absolute Gasteiger partial charge is 0.315 e. The van der Waals surface area contributed by atoms with Gasteiger partial charge in [-0.3, -0.25) is 4.79 Å². The number of carbonyl (C=O) groups excluding carboxylic acids is 1. The van der Waals surface area contributed by atoms with Crippen molar-refractivity contribution in [2.75, 3.05) is 11.9 Å². The summed E-state index contributed by atoms with van der Waals surface area (Å²) in [5.41, 5.74) is 1.93. The first-order valence-corrected chi connectivity index (χ1v) is 9.31. The average Bonchev–Trinajstić information content (AvgIpc) is 3.25. The Bertz CT molecular complexity index is 815. The summed E-state index contributed by atoms with van der Waals surface area (Å²) in [6.45, 7) is 1.89. The van der Waals surface area contributed by atoms with Crippen LogP contribution in [0.5, 0.6) is 0 Å². The van der Waals surface area contributed by atoms with E-state index in [4.69, 9.17) is 0 Å². The molecule has 2 aromatic heterocycles. The molecule has 0 aliphatic carbocycles. The second kappa shape index (κ2) is 7.19. The predicted octanol–water partition coefficient (Wildman–Crippen LogP) is 3.69. The third-order valence-electron chi connectivity index (χ3n) is 3.72. The van der Waals surface area contributed by atoms with Crippen molar-refractivity contribution < 1.29 is 4.79 Å². The molecule has 24 heavy (non-hydrogen) atoms. The fraction of sp³-hybridized carbons (Fsp3) is 0.235. The van der Waals surface area contributed by atoms with Crippen molar-refractivity contribution in [1.82, 2.24) is 14.8 Å². The Morgan fingerprint density at radius 1 is 1.25 bits per heavy atom. The lowest BCUT2D eigenvalue weighted by Crippen LogP contribution is -2.33. The molecule has 5 nitrogen and oxygen atoms in total. The monoisotopic (exact) mass is 358 g/mol. The van der Waals surface area contributed by atoms with Crippen LogP contribution in [0.25, 0.3) is 11.4 Å². The average molecular weight is 358 g/mol. The van der Waals surface area contributed by atoms with E-state index < -0.39 is 0 Å². The van der Waals surface area contributed by atoms with Crippen LogP contribution in [-0.2, 0) is 11.8 Å². The van der Waals surface area contributed by atoms with E-state index in [1.807, 2.05) is 65.7 Å². The first kappa shape index (κ1) is 16.7. The molecule has 2 heterocycles. The Hall–Kier alpha value is -2.12. The summed E-state index contributed by atoms with van der Waals surface area (Å²) in [5, 5.41) is 13.0. The second-order valence-corrected chi connectivity index (χ2v) is 7.46. The van der Waals surface area contributed by atoms with E-state index in [2.05, 4.69) is 10.2 Å². The highest BCUT2D eigenvalue weighted by Crippen LogP contribution is 2.28. The standard InChI is InChI=1S/C17H18N4OS2/c1-12(16(22)20(2)14-7-5-4-6-8-14)24-17-19-18-15(21(17)3)13-9-10-23-11-13/h4-12H,1-3H3. The van der Waals surface area contributed by atoms with E-state index in [1.54, 1.807) is 23.3 Å². The van der Waals surface area contributed by atoms with Gasteiger partial charge in [0.05, 0.1) is 5.25 Å². The first-order valence-electron chi connectivity index (χ1n) is 7.49. The van der Waals surface area contributed by atoms with Crippen molar-refractivity contribution in [1.29, 1.82) is 0 Å². The van der Waals surface area contributed by atoms with Gasteiger partial charge in [-0.1, -0.05) is 30.0 Å². The van der Waals surface area contributed by atoms with Gasteiger partial charge in [0.1, 0.15) is 0 Å². The lowest BCUT2D eigenvalue weighted by atomic mass is 10.3. The van der Waals surface area contributed by atoms with Crippen molar-refractivity contribution in [2.45, 2.75) is 17.3 Å². The highest BCUT2D eigenvalue weighted by molar-refractivity contribution is 8.00. The number of aromatic nitrogens is 3. The smallest absolute Gasteiger partial charge is 0.240 e. The number of nitrogens with zero attached hydrogens (tertiary/aromatic N) is 4. The molecule has 3 aromatic rings. The molecular formula is C17H18N4OS2. The number of anilines is 1. The maximum Gasteiger partial charge on any atom is 0.240 e. The van der Waals surface area contributed by atoms with Crippen LogP contribution >= 0.6 is 23.1 Å². The Kier molecular flexibility index (Phi) is 5.01. The topological polar surface area (TPSA) is 51.0 Å². The first-order chi connectivity index (χ1) is 11.6. The molecule has 0 fully saturated rings. The summed E-state index contributed by atoms with van der Waals surface area (Å²) in [6, 6.07) is 11.6. The van der Waals surface area contributed by atoms with Gasteiger partial charge in [0.15, 0.2) is 11.0 Å². The van der Waals surface area contributed by atoms with Crippen molar-refractivity contribution in [3.63, 3.8) is 0 Å². The number of thiophene rings is 1. The number of hydrogen-bond donors (Lipinski definition) is 0. The number of hydrogen-bond acceptors (Lipinski definition) is 5. The highest BCUT2D eigenvalue weighted by Gasteiger charge is 2.22. The molecule has 0 bridgehead atoms. The van der Waals surface area contributed by atoms with Gasteiger partial charge in [0.2, 0.25) is 5.91 Å². The molecule has 124 valence electrons. The van der Waals surface area contributed by atoms with E-state index in [0.717, 1.165) is 22.2 Å². The van der Waals surface area contributed by atoms with Gasteiger partial charge in [-0.05, 0) is 30.5 Å². The fourth-order valence-electron chi connectivity index (χ4n) is 2.32. The zero-order valence-electron chi connectivity index (χ0n) is 13.7. The Balaban J connectivity index is 1.73. The molecule has 0 aliphatic heterocycles. The molecule has 0 saturated carbocycles. The molecular weight excluding hydrogens is 340 g/mol. The Labute approximate surface area is 149 Å². The third-order valence-corrected chi connectivity index (χ3v) is 5.52. The number of rotatable bonds is 5. The molecule has 0 spiro atoms. The van der Waals surface area contributed by atoms with E-state index >= 15 is 0 Å². The predicted molar refractivity (Wildman–Crippen MR) is 99.5 cm³/mol. The van der Waals surface area contributed by atoms with Crippen molar-refractivity contribution in [3.8, 4) is 11.4 Å². The van der Waals surface area contributed by atoms with Gasteiger partial charge in [0.25, 0.3) is 0 Å². The van der Waals surface area contributed by atoms with Crippen molar-refractivity contribution in [2.24, 2.45) is 7.05 Å². The molecule has 3 rings (SSSR count). The Morgan fingerprint density at radius 2 is 2.00 bits per heavy atom. The van der Waals surface area contributed by atoms with E-state index in [1.165, 1.54) is 11.8 Å². The van der Waals surface area contributed by atoms with Crippen LogP contribution in [0.4, 0.5) is 5.69 Å². The number of benzene rings is 1. The van der Waals surface area contributed by atoms with Crippen molar-refractivity contribution in [3.05, 3.63) is 47.2 Å². The molecule has 1 aromatic carbocycles. The van der Waals surface area contributed by atoms with Gasteiger partial charge in [-0.2, -0.15) is 11.3 Å². The van der Waals surface area contributed by atoms with E-state index in [0.29, 0.717) is 0 Å². The van der Waals surface area contributed by atoms with Crippen LogP contribution in [0, 0.1) is 0 Å². The lowest BCUT2D eigenvalue weighted by molar-refractivity contribution is -0.117. The molecule has 0 saturated heterocycles. The maximum atomic E-state index is 12.6. The second-order valence-electron chi connectivity index (χ2n) is 5.37. The van der Waals surface area contributed by atoms with Gasteiger partial charge in [0, 0.05) is 30.7 Å². The summed E-state index contributed by atoms with van der Waals surface area (Å²) < 4.78 is 1.93. The normalized spacial score (nSPS) is 12.1. The highest BCUT2D eigenvalue weighted by atomic mass is 32.2. The summed E-state index contributed by atoms with van der Waals surface area (Å²) in [5.74, 6) is 0.848. The minimum absolute atomic E-state index is 0.0336. The Morgan fingerprint density at radius 3 is 2.67 bits per heavy atom.